The molecule has 0 unspecified atom stereocenters. The fraction of sp³-hybridized carbons (Fsp3) is 0.471. The van der Waals surface area contributed by atoms with Crippen molar-refractivity contribution in [3.05, 3.63) is 35.5 Å². The second-order valence-corrected chi connectivity index (χ2v) is 5.81. The van der Waals surface area contributed by atoms with E-state index in [1.165, 1.54) is 12.8 Å². The first-order chi connectivity index (χ1) is 10.7. The van der Waals surface area contributed by atoms with E-state index < -0.39 is 0 Å². The van der Waals surface area contributed by atoms with Gasteiger partial charge in [0.15, 0.2) is 5.82 Å². The molecular weight excluding hydrogens is 274 g/mol. The normalized spacial score (nSPS) is 18.2. The van der Waals surface area contributed by atoms with Crippen LogP contribution < -0.4 is 4.90 Å². The topological polar surface area (TPSA) is 57.7 Å². The Labute approximate surface area is 131 Å². The highest BCUT2D eigenvalue weighted by atomic mass is 15.5. The molecule has 0 N–H and O–H groups in total. The number of hydrogen-bond acceptors (Lipinski definition) is 4. The molecule has 3 rings (SSSR count). The highest BCUT2D eigenvalue weighted by molar-refractivity contribution is 5.52. The quantitative estimate of drug-likeness (QED) is 0.872. The van der Waals surface area contributed by atoms with Crippen LogP contribution in [-0.2, 0) is 0 Å². The van der Waals surface area contributed by atoms with Crippen LogP contribution >= 0.6 is 0 Å². The Morgan fingerprint density at radius 1 is 1.27 bits per heavy atom. The predicted molar refractivity (Wildman–Crippen MR) is 86.1 cm³/mol. The minimum absolute atomic E-state index is 0.420. The maximum atomic E-state index is 9.45. The van der Waals surface area contributed by atoms with Crippen LogP contribution in [-0.4, -0.2) is 27.6 Å². The van der Waals surface area contributed by atoms with E-state index in [0.717, 1.165) is 36.5 Å². The van der Waals surface area contributed by atoms with E-state index >= 15 is 0 Å². The Kier molecular flexibility index (Phi) is 4.10. The first kappa shape index (κ1) is 14.6. The summed E-state index contributed by atoms with van der Waals surface area (Å²) in [6.07, 6.45) is 4.64. The molecule has 1 aliphatic rings. The van der Waals surface area contributed by atoms with Gasteiger partial charge in [0.25, 0.3) is 0 Å². The molecule has 0 amide bonds. The monoisotopic (exact) mass is 295 g/mol. The highest BCUT2D eigenvalue weighted by Gasteiger charge is 2.27. The number of anilines is 1. The third kappa shape index (κ3) is 2.57. The largest absolute Gasteiger partial charge is 0.350 e. The summed E-state index contributed by atoms with van der Waals surface area (Å²) < 4.78 is 0. The van der Waals surface area contributed by atoms with Crippen LogP contribution in [0.5, 0.6) is 0 Å². The summed E-state index contributed by atoms with van der Waals surface area (Å²) in [6, 6.07) is 10.6. The lowest BCUT2D eigenvalue weighted by atomic mass is 10.00. The van der Waals surface area contributed by atoms with Gasteiger partial charge >= 0.3 is 0 Å². The lowest BCUT2D eigenvalue weighted by molar-refractivity contribution is 0.446. The number of aryl methyl sites for hydroxylation is 1. The van der Waals surface area contributed by atoms with Gasteiger partial charge in [0, 0.05) is 12.6 Å². The average molecular weight is 295 g/mol. The molecule has 0 radical (unpaired) electrons. The summed E-state index contributed by atoms with van der Waals surface area (Å²) in [5.74, 6) is 0.734. The molecule has 1 aliphatic heterocycles. The van der Waals surface area contributed by atoms with Gasteiger partial charge in [-0.25, -0.2) is 0 Å². The van der Waals surface area contributed by atoms with Gasteiger partial charge in [0.2, 0.25) is 5.69 Å². The van der Waals surface area contributed by atoms with Crippen molar-refractivity contribution >= 4 is 5.82 Å². The summed E-state index contributed by atoms with van der Waals surface area (Å²) in [5.41, 5.74) is 2.44. The molecule has 2 aromatic rings. The number of nitrogens with zero attached hydrogens (tertiary/aromatic N) is 5. The number of piperidine rings is 1. The molecule has 0 spiro atoms. The van der Waals surface area contributed by atoms with E-state index in [1.54, 1.807) is 4.80 Å². The Hall–Kier alpha value is -2.35. The number of hydrogen-bond donors (Lipinski definition) is 0. The molecule has 114 valence electrons. The first-order valence-electron chi connectivity index (χ1n) is 7.94. The Bertz CT molecular complexity index is 697. The molecule has 22 heavy (non-hydrogen) atoms. The number of rotatable bonds is 3. The van der Waals surface area contributed by atoms with E-state index in [2.05, 4.69) is 28.1 Å². The lowest BCUT2D eigenvalue weighted by Crippen LogP contribution is -2.39. The Morgan fingerprint density at radius 3 is 2.82 bits per heavy atom. The van der Waals surface area contributed by atoms with Crippen LogP contribution in [0.3, 0.4) is 0 Å². The number of aromatic nitrogens is 3. The van der Waals surface area contributed by atoms with Gasteiger partial charge in [0.05, 0.1) is 5.69 Å². The number of para-hydroxylation sites is 1. The zero-order chi connectivity index (χ0) is 15.5. The van der Waals surface area contributed by atoms with Gasteiger partial charge in [-0.3, -0.25) is 0 Å². The molecule has 1 atom stereocenters. The minimum atomic E-state index is 0.420. The molecule has 0 aliphatic carbocycles. The van der Waals surface area contributed by atoms with Gasteiger partial charge in [-0.1, -0.05) is 25.1 Å². The molecule has 5 heteroatoms. The van der Waals surface area contributed by atoms with Gasteiger partial charge in [0.1, 0.15) is 6.07 Å². The summed E-state index contributed by atoms with van der Waals surface area (Å²) >= 11 is 0. The number of nitriles is 1. The van der Waals surface area contributed by atoms with Gasteiger partial charge in [-0.05, 0) is 44.2 Å². The fourth-order valence-electron chi connectivity index (χ4n) is 3.16. The second kappa shape index (κ2) is 6.18. The van der Waals surface area contributed by atoms with Crippen molar-refractivity contribution < 1.29 is 0 Å². The zero-order valence-electron chi connectivity index (χ0n) is 13.2. The SMILES string of the molecule is CC[C@@H]1CCCCN1c1nn(-c2ccccc2C)nc1C#N. The van der Waals surface area contributed by atoms with Crippen molar-refractivity contribution in [2.24, 2.45) is 0 Å². The maximum absolute atomic E-state index is 9.45. The summed E-state index contributed by atoms with van der Waals surface area (Å²) in [6.45, 7) is 5.18. The summed E-state index contributed by atoms with van der Waals surface area (Å²) in [7, 11) is 0. The summed E-state index contributed by atoms with van der Waals surface area (Å²) in [5, 5.41) is 18.5. The van der Waals surface area contributed by atoms with Gasteiger partial charge in [-0.15, -0.1) is 15.0 Å². The van der Waals surface area contributed by atoms with Crippen LogP contribution in [0.15, 0.2) is 24.3 Å². The minimum Gasteiger partial charge on any atom is -0.350 e. The van der Waals surface area contributed by atoms with Crippen LogP contribution in [0.2, 0.25) is 0 Å². The van der Waals surface area contributed by atoms with E-state index in [4.69, 9.17) is 0 Å². The molecule has 1 saturated heterocycles. The van der Waals surface area contributed by atoms with Crippen molar-refractivity contribution in [3.8, 4) is 11.8 Å². The van der Waals surface area contributed by atoms with Crippen LogP contribution in [0.25, 0.3) is 5.69 Å². The lowest BCUT2D eigenvalue weighted by Gasteiger charge is -2.35. The molecule has 1 aromatic carbocycles. The van der Waals surface area contributed by atoms with Crippen molar-refractivity contribution in [2.75, 3.05) is 11.4 Å². The third-order valence-electron chi connectivity index (χ3n) is 4.40. The Balaban J connectivity index is 2.02. The second-order valence-electron chi connectivity index (χ2n) is 5.81. The summed E-state index contributed by atoms with van der Waals surface area (Å²) in [4.78, 5) is 3.87. The molecule has 0 bridgehead atoms. The van der Waals surface area contributed by atoms with Crippen molar-refractivity contribution in [2.45, 2.75) is 45.6 Å². The van der Waals surface area contributed by atoms with E-state index in [-0.39, 0.29) is 0 Å². The van der Waals surface area contributed by atoms with E-state index in [9.17, 15) is 5.26 Å². The predicted octanol–water partition coefficient (Wildman–Crippen LogP) is 3.22. The molecule has 1 fully saturated rings. The van der Waals surface area contributed by atoms with Gasteiger partial charge in [-0.2, -0.15) is 5.26 Å². The molecule has 5 nitrogen and oxygen atoms in total. The maximum Gasteiger partial charge on any atom is 0.207 e. The highest BCUT2D eigenvalue weighted by Crippen LogP contribution is 2.27. The van der Waals surface area contributed by atoms with Crippen LogP contribution in [0.1, 0.15) is 43.9 Å². The number of benzene rings is 1. The van der Waals surface area contributed by atoms with Crippen molar-refractivity contribution in [3.63, 3.8) is 0 Å². The van der Waals surface area contributed by atoms with E-state index in [0.29, 0.717) is 11.7 Å². The average Bonchev–Trinajstić information content (AvgIpc) is 2.99. The Morgan fingerprint density at radius 2 is 2.09 bits per heavy atom. The fourth-order valence-corrected chi connectivity index (χ4v) is 3.16. The van der Waals surface area contributed by atoms with Crippen molar-refractivity contribution in [1.29, 1.82) is 5.26 Å². The van der Waals surface area contributed by atoms with Crippen LogP contribution in [0.4, 0.5) is 5.82 Å². The third-order valence-corrected chi connectivity index (χ3v) is 4.40. The molecule has 2 heterocycles. The zero-order valence-corrected chi connectivity index (χ0v) is 13.2. The molecule has 1 aromatic heterocycles. The molecule has 0 saturated carbocycles. The van der Waals surface area contributed by atoms with Gasteiger partial charge < -0.3 is 4.90 Å². The first-order valence-corrected chi connectivity index (χ1v) is 7.94. The van der Waals surface area contributed by atoms with Crippen molar-refractivity contribution in [1.82, 2.24) is 15.0 Å². The van der Waals surface area contributed by atoms with Crippen LogP contribution in [0, 0.1) is 18.3 Å². The molecular formula is C17H21N5. The standard InChI is InChI=1S/C17H21N5/c1-3-14-9-6-7-11-21(14)17-15(12-18)19-22(20-17)16-10-5-4-8-13(16)2/h4-5,8,10,14H,3,6-7,9,11H2,1-2H3/t14-/m1/s1. The smallest absolute Gasteiger partial charge is 0.207 e. The van der Waals surface area contributed by atoms with E-state index in [1.807, 2.05) is 31.2 Å².